The largest absolute Gasteiger partial charge is 0.756 e. The van der Waals surface area contributed by atoms with Gasteiger partial charge in [-0.25, -0.2) is 0 Å². The van der Waals surface area contributed by atoms with Crippen LogP contribution >= 0.6 is 7.82 Å². The smallest absolute Gasteiger partial charge is 0.268 e. The molecule has 0 aliphatic carbocycles. The molecule has 8 nitrogen and oxygen atoms in total. The maximum absolute atomic E-state index is 12.8. The Hall–Kier alpha value is -1.02. The molecule has 0 fully saturated rings. The molecule has 0 aliphatic rings. The summed E-state index contributed by atoms with van der Waals surface area (Å²) >= 11 is 0. The number of quaternary nitrogens is 1. The first kappa shape index (κ1) is 64.0. The van der Waals surface area contributed by atoms with E-state index in [0.29, 0.717) is 17.4 Å². The van der Waals surface area contributed by atoms with Crippen molar-refractivity contribution in [2.24, 2.45) is 0 Å². The lowest BCUT2D eigenvalue weighted by Crippen LogP contribution is -2.45. The van der Waals surface area contributed by atoms with Crippen LogP contribution in [0.5, 0.6) is 0 Å². The Bertz CT molecular complexity index is 1110. The monoisotopic (exact) mass is 939 g/mol. The minimum atomic E-state index is -4.59. The normalized spacial score (nSPS) is 14.1. The van der Waals surface area contributed by atoms with Crippen molar-refractivity contribution in [3.05, 3.63) is 24.3 Å². The second-order valence-corrected chi connectivity index (χ2v) is 22.1. The predicted octanol–water partition coefficient (Wildman–Crippen LogP) is 16.2. The molecule has 0 spiro atoms. The van der Waals surface area contributed by atoms with Crippen molar-refractivity contribution in [1.82, 2.24) is 5.32 Å². The molecule has 65 heavy (non-hydrogen) atoms. The number of carbonyl (C=O) groups excluding carboxylic acids is 1. The van der Waals surface area contributed by atoms with Crippen molar-refractivity contribution in [2.45, 2.75) is 289 Å². The summed E-state index contributed by atoms with van der Waals surface area (Å²) in [6, 6.07) is -0.897. The lowest BCUT2D eigenvalue weighted by molar-refractivity contribution is -0.870. The van der Waals surface area contributed by atoms with Crippen LogP contribution in [-0.4, -0.2) is 68.5 Å². The number of hydrogen-bond donors (Lipinski definition) is 2. The molecule has 0 saturated heterocycles. The van der Waals surface area contributed by atoms with Gasteiger partial charge >= 0.3 is 0 Å². The van der Waals surface area contributed by atoms with Gasteiger partial charge in [-0.1, -0.05) is 269 Å². The molecule has 0 aromatic rings. The first-order valence-corrected chi connectivity index (χ1v) is 29.7. The van der Waals surface area contributed by atoms with E-state index in [1.165, 1.54) is 212 Å². The van der Waals surface area contributed by atoms with Gasteiger partial charge in [-0.15, -0.1) is 0 Å². The number of aliphatic hydroxyl groups excluding tert-OH is 1. The van der Waals surface area contributed by atoms with Gasteiger partial charge in [0.15, 0.2) is 0 Å². The van der Waals surface area contributed by atoms with Crippen LogP contribution in [0.15, 0.2) is 24.3 Å². The third-order valence-corrected chi connectivity index (χ3v) is 13.9. The summed E-state index contributed by atoms with van der Waals surface area (Å²) in [6.45, 7) is 4.54. The van der Waals surface area contributed by atoms with E-state index in [9.17, 15) is 19.4 Å². The van der Waals surface area contributed by atoms with Gasteiger partial charge in [0.1, 0.15) is 13.2 Å². The number of nitrogens with one attached hydrogen (secondary N) is 1. The number of likely N-dealkylation sites (N-methyl/N-ethyl adjacent to an activating group) is 1. The molecule has 0 saturated carbocycles. The molecule has 386 valence electrons. The summed E-state index contributed by atoms with van der Waals surface area (Å²) in [5.74, 6) is -0.207. The van der Waals surface area contributed by atoms with Gasteiger partial charge in [0.2, 0.25) is 5.91 Å². The first-order chi connectivity index (χ1) is 31.5. The van der Waals surface area contributed by atoms with E-state index in [1.807, 2.05) is 27.2 Å². The second kappa shape index (κ2) is 48.0. The molecule has 1 amide bonds. The van der Waals surface area contributed by atoms with Crippen molar-refractivity contribution in [3.63, 3.8) is 0 Å². The number of unbranched alkanes of at least 4 members (excludes halogenated alkanes) is 37. The number of amides is 1. The molecule has 0 radical (unpaired) electrons. The van der Waals surface area contributed by atoms with E-state index >= 15 is 0 Å². The highest BCUT2D eigenvalue weighted by Gasteiger charge is 2.23. The Kier molecular flexibility index (Phi) is 47.3. The number of carbonyl (C=O) groups is 1. The third-order valence-electron chi connectivity index (χ3n) is 12.9. The van der Waals surface area contributed by atoms with Gasteiger partial charge in [0.25, 0.3) is 7.82 Å². The summed E-state index contributed by atoms with van der Waals surface area (Å²) < 4.78 is 23.1. The zero-order valence-electron chi connectivity index (χ0n) is 44.0. The van der Waals surface area contributed by atoms with Crippen LogP contribution in [0, 0.1) is 0 Å². The minimum Gasteiger partial charge on any atom is -0.756 e. The van der Waals surface area contributed by atoms with Crippen LogP contribution in [-0.2, 0) is 18.4 Å². The SMILES string of the molecule is CCC/C=C/CC/C=C/C(O)C(COP(=O)([O-])OCC[N+](C)(C)C)NC(=O)CCCCCCCCCCCCCCCCCCCCCCCCCCCCCCCCCCCCCC. The Labute approximate surface area is 404 Å². The van der Waals surface area contributed by atoms with Crippen LogP contribution < -0.4 is 10.2 Å². The molecule has 0 rings (SSSR count). The lowest BCUT2D eigenvalue weighted by atomic mass is 10.0. The molecular weight excluding hydrogens is 828 g/mol. The molecule has 0 bridgehead atoms. The summed E-state index contributed by atoms with van der Waals surface area (Å²) in [7, 11) is 1.25. The van der Waals surface area contributed by atoms with Gasteiger partial charge in [-0.05, 0) is 25.7 Å². The van der Waals surface area contributed by atoms with E-state index in [2.05, 4.69) is 31.3 Å². The second-order valence-electron chi connectivity index (χ2n) is 20.6. The molecule has 0 aromatic heterocycles. The zero-order chi connectivity index (χ0) is 47.8. The van der Waals surface area contributed by atoms with Crippen molar-refractivity contribution < 1.29 is 32.9 Å². The van der Waals surface area contributed by atoms with Gasteiger partial charge in [0.05, 0.1) is 39.9 Å². The number of phosphoric ester groups is 1. The molecule has 3 unspecified atom stereocenters. The van der Waals surface area contributed by atoms with Gasteiger partial charge in [0, 0.05) is 6.42 Å². The fraction of sp³-hybridized carbons (Fsp3) is 0.911. The summed E-state index contributed by atoms with van der Waals surface area (Å²) in [5, 5.41) is 13.7. The van der Waals surface area contributed by atoms with E-state index in [0.717, 1.165) is 44.9 Å². The Morgan fingerprint density at radius 3 is 1.22 bits per heavy atom. The number of rotatable bonds is 52. The highest BCUT2D eigenvalue weighted by atomic mass is 31.2. The van der Waals surface area contributed by atoms with E-state index in [4.69, 9.17) is 9.05 Å². The Morgan fingerprint density at radius 1 is 0.523 bits per heavy atom. The predicted molar refractivity (Wildman–Crippen MR) is 279 cm³/mol. The topological polar surface area (TPSA) is 108 Å². The van der Waals surface area contributed by atoms with Crippen molar-refractivity contribution >= 4 is 13.7 Å². The van der Waals surface area contributed by atoms with Crippen molar-refractivity contribution in [2.75, 3.05) is 40.9 Å². The molecular formula is C56H111N2O6P. The van der Waals surface area contributed by atoms with Crippen molar-refractivity contribution in [1.29, 1.82) is 0 Å². The number of aliphatic hydroxyl groups is 1. The van der Waals surface area contributed by atoms with E-state index in [-0.39, 0.29) is 12.5 Å². The van der Waals surface area contributed by atoms with Crippen LogP contribution in [0.25, 0.3) is 0 Å². The molecule has 0 aliphatic heterocycles. The molecule has 9 heteroatoms. The van der Waals surface area contributed by atoms with Gasteiger partial charge in [-0.3, -0.25) is 9.36 Å². The van der Waals surface area contributed by atoms with E-state index in [1.54, 1.807) is 6.08 Å². The Balaban J connectivity index is 3.75. The summed E-state index contributed by atoms with van der Waals surface area (Å²) in [5.41, 5.74) is 0. The fourth-order valence-electron chi connectivity index (χ4n) is 8.47. The van der Waals surface area contributed by atoms with Crippen LogP contribution in [0.3, 0.4) is 0 Å². The zero-order valence-corrected chi connectivity index (χ0v) is 44.9. The highest BCUT2D eigenvalue weighted by Crippen LogP contribution is 2.38. The van der Waals surface area contributed by atoms with E-state index < -0.39 is 26.6 Å². The van der Waals surface area contributed by atoms with Crippen molar-refractivity contribution in [3.8, 4) is 0 Å². The average molecular weight is 939 g/mol. The molecule has 2 N–H and O–H groups in total. The Morgan fingerprint density at radius 2 is 0.862 bits per heavy atom. The summed E-state index contributed by atoms with van der Waals surface area (Å²) in [4.78, 5) is 25.2. The maximum atomic E-state index is 12.8. The summed E-state index contributed by atoms with van der Waals surface area (Å²) in [6.07, 6.45) is 60.4. The van der Waals surface area contributed by atoms with Crippen LogP contribution in [0.4, 0.5) is 0 Å². The van der Waals surface area contributed by atoms with Gasteiger partial charge < -0.3 is 28.8 Å². The standard InChI is InChI=1S/C56H111N2O6P/c1-6-8-10-12-14-15-16-17-18-19-20-21-22-23-24-25-26-27-28-29-30-31-32-33-34-35-36-37-38-39-40-41-42-44-46-48-50-56(60)57-54(55(59)49-47-45-43-13-11-9-7-2)53-64-65(61,62)63-52-51-58(3,4)5/h11,13,47,49,54-55,59H,6-10,12,14-46,48,50-53H2,1-5H3,(H-,57,60,61,62)/b13-11+,49-47+. The highest BCUT2D eigenvalue weighted by molar-refractivity contribution is 7.45. The quantitative estimate of drug-likeness (QED) is 0.0272. The number of nitrogens with zero attached hydrogens (tertiary/aromatic N) is 1. The molecule has 0 heterocycles. The van der Waals surface area contributed by atoms with Gasteiger partial charge in [-0.2, -0.15) is 0 Å². The molecule has 0 aromatic carbocycles. The number of hydrogen-bond acceptors (Lipinski definition) is 6. The minimum absolute atomic E-state index is 0.00489. The third kappa shape index (κ3) is 50.7. The lowest BCUT2D eigenvalue weighted by Gasteiger charge is -2.29. The van der Waals surface area contributed by atoms with Crippen LogP contribution in [0.2, 0.25) is 0 Å². The number of phosphoric acid groups is 1. The molecule has 3 atom stereocenters. The first-order valence-electron chi connectivity index (χ1n) is 28.2. The number of allylic oxidation sites excluding steroid dienone is 3. The maximum Gasteiger partial charge on any atom is 0.268 e. The van der Waals surface area contributed by atoms with Crippen LogP contribution in [0.1, 0.15) is 277 Å². The fourth-order valence-corrected chi connectivity index (χ4v) is 9.20. The average Bonchev–Trinajstić information content (AvgIpc) is 3.26.